The van der Waals surface area contributed by atoms with E-state index >= 15 is 0 Å². The van der Waals surface area contributed by atoms with Crippen LogP contribution in [0.1, 0.15) is 19.4 Å². The van der Waals surface area contributed by atoms with Crippen LogP contribution in [0.25, 0.3) is 0 Å². The van der Waals surface area contributed by atoms with Gasteiger partial charge in [-0.25, -0.2) is 17.6 Å². The van der Waals surface area contributed by atoms with Gasteiger partial charge >= 0.3 is 0 Å². The van der Waals surface area contributed by atoms with Gasteiger partial charge in [-0.05, 0) is 0 Å². The van der Waals surface area contributed by atoms with Gasteiger partial charge in [0.25, 0.3) is 0 Å². The van der Waals surface area contributed by atoms with Crippen LogP contribution in [-0.2, 0) is 5.41 Å². The molecule has 4 heteroatoms. The van der Waals surface area contributed by atoms with E-state index in [0.717, 1.165) is 0 Å². The predicted molar refractivity (Wildman–Crippen MR) is 49.5 cm³/mol. The lowest BCUT2D eigenvalue weighted by molar-refractivity contribution is 0.409. The molecule has 0 aliphatic heterocycles. The molecule has 1 aromatic carbocycles. The van der Waals surface area contributed by atoms with Crippen molar-refractivity contribution in [1.29, 1.82) is 0 Å². The van der Waals surface area contributed by atoms with Gasteiger partial charge in [-0.3, -0.25) is 0 Å². The van der Waals surface area contributed by atoms with Crippen LogP contribution in [0.4, 0.5) is 17.6 Å². The number of hydrogen-bond acceptors (Lipinski definition) is 0. The quantitative estimate of drug-likeness (QED) is 0.307. The monoisotopic (exact) mass is 218 g/mol. The summed E-state index contributed by atoms with van der Waals surface area (Å²) in [5.74, 6) is -5.82. The van der Waals surface area contributed by atoms with Crippen molar-refractivity contribution >= 4 is 0 Å². The third-order valence-electron chi connectivity index (χ3n) is 2.27. The number of allylic oxidation sites excluding steroid dienone is 1. The minimum absolute atomic E-state index is 0.332. The topological polar surface area (TPSA) is 0 Å². The molecule has 0 bridgehead atoms. The molecule has 0 spiro atoms. The van der Waals surface area contributed by atoms with E-state index in [0.29, 0.717) is 6.07 Å². The summed E-state index contributed by atoms with van der Waals surface area (Å²) in [6.45, 7) is 6.31. The number of benzene rings is 1. The highest BCUT2D eigenvalue weighted by Crippen LogP contribution is 2.31. The Labute approximate surface area is 85.2 Å². The molecule has 0 saturated carbocycles. The standard InChI is InChI=1S/C11H10F4/c1-4-11(2,3)8-6(12)5-7(13)9(14)10(8)15/h4-5H,1H2,2-3H3. The molecule has 0 N–H and O–H groups in total. The molecule has 0 amide bonds. The summed E-state index contributed by atoms with van der Waals surface area (Å²) in [6.07, 6.45) is 1.27. The Kier molecular flexibility index (Phi) is 2.88. The molecule has 0 fully saturated rings. The van der Waals surface area contributed by atoms with Gasteiger partial charge in [-0.15, -0.1) is 6.58 Å². The Morgan fingerprint density at radius 3 is 2.07 bits per heavy atom. The van der Waals surface area contributed by atoms with Crippen LogP contribution in [0.3, 0.4) is 0 Å². The maximum absolute atomic E-state index is 13.3. The maximum Gasteiger partial charge on any atom is 0.194 e. The van der Waals surface area contributed by atoms with Gasteiger partial charge in [0.05, 0.1) is 0 Å². The van der Waals surface area contributed by atoms with Crippen molar-refractivity contribution in [2.45, 2.75) is 19.3 Å². The van der Waals surface area contributed by atoms with Gasteiger partial charge in [-0.1, -0.05) is 19.9 Å². The van der Waals surface area contributed by atoms with Crippen molar-refractivity contribution in [2.24, 2.45) is 0 Å². The second-order valence-electron chi connectivity index (χ2n) is 3.77. The average molecular weight is 218 g/mol. The van der Waals surface area contributed by atoms with Crippen molar-refractivity contribution in [3.05, 3.63) is 47.6 Å². The first-order valence-electron chi connectivity index (χ1n) is 4.28. The second kappa shape index (κ2) is 3.68. The molecule has 0 unspecified atom stereocenters. The Morgan fingerprint density at radius 2 is 1.60 bits per heavy atom. The molecule has 0 atom stereocenters. The highest BCUT2D eigenvalue weighted by Gasteiger charge is 2.29. The minimum Gasteiger partial charge on any atom is -0.206 e. The fourth-order valence-electron chi connectivity index (χ4n) is 1.26. The molecule has 1 rings (SSSR count). The Balaban J connectivity index is 3.56. The molecule has 0 nitrogen and oxygen atoms in total. The maximum atomic E-state index is 13.3. The zero-order valence-electron chi connectivity index (χ0n) is 8.37. The van der Waals surface area contributed by atoms with Gasteiger partial charge in [0.1, 0.15) is 5.82 Å². The third-order valence-corrected chi connectivity index (χ3v) is 2.27. The molecule has 0 aliphatic rings. The summed E-state index contributed by atoms with van der Waals surface area (Å²) in [6, 6.07) is 0.332. The molecule has 0 aromatic heterocycles. The molecule has 82 valence electrons. The van der Waals surface area contributed by atoms with E-state index in [1.165, 1.54) is 19.9 Å². The van der Waals surface area contributed by atoms with E-state index in [9.17, 15) is 17.6 Å². The number of hydrogen-bond donors (Lipinski definition) is 0. The van der Waals surface area contributed by atoms with E-state index in [1.54, 1.807) is 0 Å². The van der Waals surface area contributed by atoms with Crippen LogP contribution in [0.2, 0.25) is 0 Å². The van der Waals surface area contributed by atoms with Gasteiger partial charge in [0.15, 0.2) is 17.5 Å². The van der Waals surface area contributed by atoms with Gasteiger partial charge in [-0.2, -0.15) is 0 Å². The first kappa shape index (κ1) is 11.8. The molecule has 0 heterocycles. The van der Waals surface area contributed by atoms with Gasteiger partial charge < -0.3 is 0 Å². The van der Waals surface area contributed by atoms with Crippen molar-refractivity contribution in [3.63, 3.8) is 0 Å². The van der Waals surface area contributed by atoms with Crippen LogP contribution >= 0.6 is 0 Å². The number of rotatable bonds is 2. The van der Waals surface area contributed by atoms with Crippen molar-refractivity contribution < 1.29 is 17.6 Å². The fourth-order valence-corrected chi connectivity index (χ4v) is 1.26. The van der Waals surface area contributed by atoms with E-state index in [4.69, 9.17) is 0 Å². The fraction of sp³-hybridized carbons (Fsp3) is 0.273. The van der Waals surface area contributed by atoms with Crippen molar-refractivity contribution in [1.82, 2.24) is 0 Å². The summed E-state index contributed by atoms with van der Waals surface area (Å²) in [4.78, 5) is 0. The molecule has 1 aromatic rings. The third kappa shape index (κ3) is 1.89. The van der Waals surface area contributed by atoms with E-state index in [-0.39, 0.29) is 0 Å². The second-order valence-corrected chi connectivity index (χ2v) is 3.77. The Hall–Kier alpha value is -1.32. The van der Waals surface area contributed by atoms with Crippen molar-refractivity contribution in [2.75, 3.05) is 0 Å². The Morgan fingerprint density at radius 1 is 1.07 bits per heavy atom. The van der Waals surface area contributed by atoms with Gasteiger partial charge in [0.2, 0.25) is 0 Å². The van der Waals surface area contributed by atoms with Crippen LogP contribution in [0.5, 0.6) is 0 Å². The molecule has 15 heavy (non-hydrogen) atoms. The summed E-state index contributed by atoms with van der Waals surface area (Å²) in [5.41, 5.74) is -1.61. The summed E-state index contributed by atoms with van der Waals surface area (Å²) < 4.78 is 52.1. The lowest BCUT2D eigenvalue weighted by Crippen LogP contribution is -2.19. The van der Waals surface area contributed by atoms with Crippen LogP contribution in [0.15, 0.2) is 18.7 Å². The van der Waals surface area contributed by atoms with Crippen LogP contribution in [0, 0.1) is 23.3 Å². The van der Waals surface area contributed by atoms with Gasteiger partial charge in [0, 0.05) is 17.0 Å². The van der Waals surface area contributed by atoms with E-state index in [1.807, 2.05) is 0 Å². The summed E-state index contributed by atoms with van der Waals surface area (Å²) in [7, 11) is 0. The minimum atomic E-state index is -1.67. The lowest BCUT2D eigenvalue weighted by atomic mass is 9.84. The van der Waals surface area contributed by atoms with Crippen molar-refractivity contribution in [3.8, 4) is 0 Å². The van der Waals surface area contributed by atoms with E-state index < -0.39 is 34.2 Å². The average Bonchev–Trinajstić information content (AvgIpc) is 2.14. The van der Waals surface area contributed by atoms with E-state index in [2.05, 4.69) is 6.58 Å². The first-order chi connectivity index (χ1) is 6.81. The summed E-state index contributed by atoms with van der Waals surface area (Å²) in [5, 5.41) is 0. The van der Waals surface area contributed by atoms with Crippen LogP contribution < -0.4 is 0 Å². The SMILES string of the molecule is C=CC(C)(C)c1c(F)cc(F)c(F)c1F. The molecule has 0 aliphatic carbocycles. The normalized spacial score (nSPS) is 11.6. The molecular formula is C11H10F4. The molecular weight excluding hydrogens is 208 g/mol. The highest BCUT2D eigenvalue weighted by atomic mass is 19.2. The molecule has 0 radical (unpaired) electrons. The highest BCUT2D eigenvalue weighted by molar-refractivity contribution is 5.32. The van der Waals surface area contributed by atoms with Crippen LogP contribution in [-0.4, -0.2) is 0 Å². The first-order valence-corrected chi connectivity index (χ1v) is 4.28. The molecule has 0 saturated heterocycles. The zero-order chi connectivity index (χ0) is 11.8. The zero-order valence-corrected chi connectivity index (χ0v) is 8.37. The Bertz CT molecular complexity index is 408. The number of halogens is 4. The lowest BCUT2D eigenvalue weighted by Gasteiger charge is -2.21. The predicted octanol–water partition coefficient (Wildman–Crippen LogP) is 3.71. The summed E-state index contributed by atoms with van der Waals surface area (Å²) >= 11 is 0. The largest absolute Gasteiger partial charge is 0.206 e. The smallest absolute Gasteiger partial charge is 0.194 e.